The van der Waals surface area contributed by atoms with Crippen LogP contribution in [0.4, 0.5) is 4.39 Å². The van der Waals surface area contributed by atoms with Gasteiger partial charge in [0.1, 0.15) is 11.6 Å². The Morgan fingerprint density at radius 2 is 2.26 bits per heavy atom. The molecule has 2 aromatic rings. The Labute approximate surface area is 117 Å². The topological polar surface area (TPSA) is 29.9 Å². The molecule has 0 atom stereocenters. The molecule has 2 rings (SSSR count). The van der Waals surface area contributed by atoms with Crippen LogP contribution >= 0.6 is 11.6 Å². The van der Waals surface area contributed by atoms with E-state index in [1.54, 1.807) is 12.3 Å². The van der Waals surface area contributed by atoms with Crippen LogP contribution < -0.4 is 5.32 Å². The molecule has 1 N–H and O–H groups in total. The van der Waals surface area contributed by atoms with E-state index in [2.05, 4.69) is 17.2 Å². The lowest BCUT2D eigenvalue weighted by Crippen LogP contribution is -2.18. The SMILES string of the molecule is CCCNCc1nccn1Cc1cc(F)ccc1Cl. The van der Waals surface area contributed by atoms with Gasteiger partial charge in [-0.15, -0.1) is 0 Å². The van der Waals surface area contributed by atoms with E-state index in [0.717, 1.165) is 24.4 Å². The maximum Gasteiger partial charge on any atom is 0.123 e. The molecule has 0 spiro atoms. The van der Waals surface area contributed by atoms with Crippen molar-refractivity contribution in [3.05, 3.63) is 52.8 Å². The second-order valence-corrected chi connectivity index (χ2v) is 4.79. The summed E-state index contributed by atoms with van der Waals surface area (Å²) < 4.78 is 15.2. The molecule has 0 amide bonds. The number of imidazole rings is 1. The van der Waals surface area contributed by atoms with Crippen LogP contribution in [0.1, 0.15) is 24.7 Å². The predicted molar refractivity (Wildman–Crippen MR) is 74.7 cm³/mol. The minimum Gasteiger partial charge on any atom is -0.329 e. The van der Waals surface area contributed by atoms with Gasteiger partial charge in [0.25, 0.3) is 0 Å². The molecule has 0 fully saturated rings. The molecule has 1 heterocycles. The van der Waals surface area contributed by atoms with Gasteiger partial charge in [0.2, 0.25) is 0 Å². The van der Waals surface area contributed by atoms with E-state index < -0.39 is 0 Å². The van der Waals surface area contributed by atoms with Gasteiger partial charge in [0, 0.05) is 17.4 Å². The van der Waals surface area contributed by atoms with Gasteiger partial charge in [-0.25, -0.2) is 9.37 Å². The Hall–Kier alpha value is -1.39. The highest BCUT2D eigenvalue weighted by atomic mass is 35.5. The Bertz CT molecular complexity index is 539. The first kappa shape index (κ1) is 14.0. The number of halogens is 2. The number of hydrogen-bond donors (Lipinski definition) is 1. The van der Waals surface area contributed by atoms with Gasteiger partial charge in [-0.05, 0) is 36.7 Å². The molecule has 0 saturated carbocycles. The number of nitrogens with zero attached hydrogens (tertiary/aromatic N) is 2. The zero-order valence-corrected chi connectivity index (χ0v) is 11.6. The minimum atomic E-state index is -0.273. The van der Waals surface area contributed by atoms with Gasteiger partial charge in [-0.2, -0.15) is 0 Å². The molecule has 1 aromatic carbocycles. The predicted octanol–water partition coefficient (Wildman–Crippen LogP) is 3.22. The molecule has 3 nitrogen and oxygen atoms in total. The highest BCUT2D eigenvalue weighted by molar-refractivity contribution is 6.31. The van der Waals surface area contributed by atoms with Crippen molar-refractivity contribution in [3.63, 3.8) is 0 Å². The summed E-state index contributed by atoms with van der Waals surface area (Å²) in [5.74, 6) is 0.652. The van der Waals surface area contributed by atoms with Crippen molar-refractivity contribution >= 4 is 11.6 Å². The third-order valence-electron chi connectivity index (χ3n) is 2.86. The average Bonchev–Trinajstić information content (AvgIpc) is 2.82. The maximum atomic E-state index is 13.2. The summed E-state index contributed by atoms with van der Waals surface area (Å²) in [6, 6.07) is 4.41. The second-order valence-electron chi connectivity index (χ2n) is 4.38. The van der Waals surface area contributed by atoms with Gasteiger partial charge >= 0.3 is 0 Å². The highest BCUT2D eigenvalue weighted by Gasteiger charge is 2.07. The van der Waals surface area contributed by atoms with Crippen LogP contribution in [-0.4, -0.2) is 16.1 Å². The molecule has 1 aromatic heterocycles. The molecule has 5 heteroatoms. The van der Waals surface area contributed by atoms with Crippen molar-refractivity contribution in [1.82, 2.24) is 14.9 Å². The lowest BCUT2D eigenvalue weighted by Gasteiger charge is -2.10. The number of benzene rings is 1. The van der Waals surface area contributed by atoms with E-state index in [1.165, 1.54) is 12.1 Å². The van der Waals surface area contributed by atoms with Gasteiger partial charge in [0.15, 0.2) is 0 Å². The quantitative estimate of drug-likeness (QED) is 0.824. The van der Waals surface area contributed by atoms with E-state index in [4.69, 9.17) is 11.6 Å². The van der Waals surface area contributed by atoms with Crippen LogP contribution in [0, 0.1) is 5.82 Å². The number of rotatable bonds is 6. The van der Waals surface area contributed by atoms with Crippen molar-refractivity contribution in [2.24, 2.45) is 0 Å². The molecular formula is C14H17ClFN3. The molecular weight excluding hydrogens is 265 g/mol. The Balaban J connectivity index is 2.10. The molecule has 0 radical (unpaired) electrons. The smallest absolute Gasteiger partial charge is 0.123 e. The lowest BCUT2D eigenvalue weighted by atomic mass is 10.2. The fraction of sp³-hybridized carbons (Fsp3) is 0.357. The fourth-order valence-electron chi connectivity index (χ4n) is 1.88. The summed E-state index contributed by atoms with van der Waals surface area (Å²) in [6.45, 7) is 4.30. The Morgan fingerprint density at radius 1 is 1.42 bits per heavy atom. The van der Waals surface area contributed by atoms with E-state index >= 15 is 0 Å². The molecule has 0 aliphatic carbocycles. The van der Waals surface area contributed by atoms with Crippen LogP contribution in [-0.2, 0) is 13.1 Å². The minimum absolute atomic E-state index is 0.273. The molecule has 0 aliphatic heterocycles. The second kappa shape index (κ2) is 6.68. The van der Waals surface area contributed by atoms with Crippen molar-refractivity contribution in [2.45, 2.75) is 26.4 Å². The van der Waals surface area contributed by atoms with Crippen LogP contribution in [0.25, 0.3) is 0 Å². The monoisotopic (exact) mass is 281 g/mol. The van der Waals surface area contributed by atoms with E-state index in [0.29, 0.717) is 18.1 Å². The van der Waals surface area contributed by atoms with Gasteiger partial charge in [-0.3, -0.25) is 0 Å². The van der Waals surface area contributed by atoms with Crippen LogP contribution in [0.15, 0.2) is 30.6 Å². The summed E-state index contributed by atoms with van der Waals surface area (Å²) in [5, 5.41) is 3.87. The van der Waals surface area contributed by atoms with E-state index in [1.807, 2.05) is 10.8 Å². The molecule has 0 aliphatic rings. The number of hydrogen-bond acceptors (Lipinski definition) is 2. The standard InChI is InChI=1S/C14H17ClFN3/c1-2-5-17-9-14-18-6-7-19(14)10-11-8-12(16)3-4-13(11)15/h3-4,6-8,17H,2,5,9-10H2,1H3. The Kier molecular flexibility index (Phi) is 4.93. The fourth-order valence-corrected chi connectivity index (χ4v) is 2.05. The number of nitrogens with one attached hydrogen (secondary N) is 1. The maximum absolute atomic E-state index is 13.2. The van der Waals surface area contributed by atoms with Crippen LogP contribution in [0.3, 0.4) is 0 Å². The molecule has 0 saturated heterocycles. The summed E-state index contributed by atoms with van der Waals surface area (Å²) in [7, 11) is 0. The first-order valence-corrected chi connectivity index (χ1v) is 6.73. The van der Waals surface area contributed by atoms with Crippen molar-refractivity contribution in [2.75, 3.05) is 6.54 Å². The van der Waals surface area contributed by atoms with Crippen LogP contribution in [0.5, 0.6) is 0 Å². The van der Waals surface area contributed by atoms with Gasteiger partial charge in [0.05, 0.1) is 13.1 Å². The molecule has 0 unspecified atom stereocenters. The van der Waals surface area contributed by atoms with Crippen molar-refractivity contribution in [3.8, 4) is 0 Å². The summed E-state index contributed by atoms with van der Waals surface area (Å²) in [4.78, 5) is 4.30. The third-order valence-corrected chi connectivity index (χ3v) is 3.23. The zero-order chi connectivity index (χ0) is 13.7. The van der Waals surface area contributed by atoms with E-state index in [-0.39, 0.29) is 5.82 Å². The first-order valence-electron chi connectivity index (χ1n) is 6.35. The summed E-state index contributed by atoms with van der Waals surface area (Å²) >= 11 is 6.08. The van der Waals surface area contributed by atoms with Crippen molar-refractivity contribution < 1.29 is 4.39 Å². The largest absolute Gasteiger partial charge is 0.329 e. The Morgan fingerprint density at radius 3 is 3.05 bits per heavy atom. The number of aromatic nitrogens is 2. The highest BCUT2D eigenvalue weighted by Crippen LogP contribution is 2.18. The molecule has 19 heavy (non-hydrogen) atoms. The molecule has 102 valence electrons. The van der Waals surface area contributed by atoms with Crippen LogP contribution in [0.2, 0.25) is 5.02 Å². The zero-order valence-electron chi connectivity index (χ0n) is 10.9. The van der Waals surface area contributed by atoms with Gasteiger partial charge in [-0.1, -0.05) is 18.5 Å². The average molecular weight is 282 g/mol. The van der Waals surface area contributed by atoms with Crippen molar-refractivity contribution in [1.29, 1.82) is 0 Å². The third kappa shape index (κ3) is 3.78. The lowest BCUT2D eigenvalue weighted by molar-refractivity contribution is 0.608. The summed E-state index contributed by atoms with van der Waals surface area (Å²) in [6.07, 6.45) is 4.71. The van der Waals surface area contributed by atoms with Gasteiger partial charge < -0.3 is 9.88 Å². The first-order chi connectivity index (χ1) is 9.20. The normalized spacial score (nSPS) is 10.9. The molecule has 0 bridgehead atoms. The summed E-state index contributed by atoms with van der Waals surface area (Å²) in [5.41, 5.74) is 0.761. The van der Waals surface area contributed by atoms with E-state index in [9.17, 15) is 4.39 Å².